The number of nitrogens with zero attached hydrogens (tertiary/aromatic N) is 3. The SMILES string of the molecule is Cc1cc(=O)c2ccccc2n1CC(=O)N[C@@H](C)c1cn2ccsc2n1. The normalized spacial score (nSPS) is 12.5. The molecule has 0 spiro atoms. The summed E-state index contributed by atoms with van der Waals surface area (Å²) in [5, 5.41) is 5.58. The zero-order chi connectivity index (χ0) is 18.3. The number of hydrogen-bond donors (Lipinski definition) is 1. The van der Waals surface area contributed by atoms with Crippen molar-refractivity contribution in [1.82, 2.24) is 19.3 Å². The quantitative estimate of drug-likeness (QED) is 0.604. The largest absolute Gasteiger partial charge is 0.346 e. The number of carbonyl (C=O) groups is 1. The molecule has 3 heterocycles. The number of carbonyl (C=O) groups excluding carboxylic acids is 1. The topological polar surface area (TPSA) is 68.4 Å². The summed E-state index contributed by atoms with van der Waals surface area (Å²) in [5.74, 6) is -0.120. The molecule has 132 valence electrons. The van der Waals surface area contributed by atoms with Gasteiger partial charge in [0.25, 0.3) is 0 Å². The van der Waals surface area contributed by atoms with E-state index in [2.05, 4.69) is 10.3 Å². The zero-order valence-electron chi connectivity index (χ0n) is 14.5. The standard InChI is InChI=1S/C19H18N4O2S/c1-12-9-17(24)14-5-3-4-6-16(14)23(12)11-18(25)20-13(2)15-10-22-7-8-26-19(22)21-15/h3-10,13H,11H2,1-2H3,(H,20,25)/t13-/m0/s1. The van der Waals surface area contributed by atoms with Gasteiger partial charge in [-0.05, 0) is 26.0 Å². The molecule has 0 saturated heterocycles. The van der Waals surface area contributed by atoms with E-state index in [0.29, 0.717) is 5.39 Å². The van der Waals surface area contributed by atoms with Crippen LogP contribution in [0.15, 0.2) is 52.9 Å². The monoisotopic (exact) mass is 366 g/mol. The van der Waals surface area contributed by atoms with Crippen molar-refractivity contribution in [2.75, 3.05) is 0 Å². The Bertz CT molecular complexity index is 1140. The highest BCUT2D eigenvalue weighted by atomic mass is 32.1. The third-order valence-corrected chi connectivity index (χ3v) is 5.23. The fourth-order valence-electron chi connectivity index (χ4n) is 3.12. The van der Waals surface area contributed by atoms with E-state index in [-0.39, 0.29) is 23.9 Å². The first kappa shape index (κ1) is 16.5. The predicted molar refractivity (Wildman–Crippen MR) is 103 cm³/mol. The van der Waals surface area contributed by atoms with Crippen molar-refractivity contribution in [2.24, 2.45) is 0 Å². The summed E-state index contributed by atoms with van der Waals surface area (Å²) in [6, 6.07) is 8.73. The maximum Gasteiger partial charge on any atom is 0.240 e. The first-order valence-electron chi connectivity index (χ1n) is 8.33. The first-order valence-corrected chi connectivity index (χ1v) is 9.21. The fourth-order valence-corrected chi connectivity index (χ4v) is 3.83. The van der Waals surface area contributed by atoms with Gasteiger partial charge < -0.3 is 9.88 Å². The van der Waals surface area contributed by atoms with E-state index in [1.54, 1.807) is 23.5 Å². The predicted octanol–water partition coefficient (Wildman–Crippen LogP) is 2.90. The summed E-state index contributed by atoms with van der Waals surface area (Å²) in [5.41, 5.74) is 2.33. The Kier molecular flexibility index (Phi) is 4.08. The molecule has 0 radical (unpaired) electrons. The van der Waals surface area contributed by atoms with Gasteiger partial charge in [-0.25, -0.2) is 4.98 Å². The molecular weight excluding hydrogens is 348 g/mol. The van der Waals surface area contributed by atoms with Crippen molar-refractivity contribution >= 4 is 33.1 Å². The van der Waals surface area contributed by atoms with Crippen LogP contribution >= 0.6 is 11.3 Å². The number of rotatable bonds is 4. The average Bonchev–Trinajstić information content (AvgIpc) is 3.20. The third kappa shape index (κ3) is 2.90. The number of benzene rings is 1. The molecule has 6 nitrogen and oxygen atoms in total. The Balaban J connectivity index is 1.57. The number of thiazole rings is 1. The lowest BCUT2D eigenvalue weighted by atomic mass is 10.2. The second kappa shape index (κ2) is 6.42. The minimum absolute atomic E-state index is 0.0267. The number of hydrogen-bond acceptors (Lipinski definition) is 4. The number of nitrogens with one attached hydrogen (secondary N) is 1. The highest BCUT2D eigenvalue weighted by molar-refractivity contribution is 7.15. The van der Waals surface area contributed by atoms with Crippen molar-refractivity contribution in [3.63, 3.8) is 0 Å². The highest BCUT2D eigenvalue weighted by Gasteiger charge is 2.15. The lowest BCUT2D eigenvalue weighted by Gasteiger charge is -2.16. The van der Waals surface area contributed by atoms with Crippen molar-refractivity contribution < 1.29 is 4.79 Å². The van der Waals surface area contributed by atoms with Gasteiger partial charge in [-0.1, -0.05) is 12.1 Å². The summed E-state index contributed by atoms with van der Waals surface area (Å²) in [6.07, 6.45) is 3.87. The molecule has 1 atom stereocenters. The van der Waals surface area contributed by atoms with Gasteiger partial charge in [0.1, 0.15) is 6.54 Å². The van der Waals surface area contributed by atoms with Crippen molar-refractivity contribution in [3.8, 4) is 0 Å². The second-order valence-corrected chi connectivity index (χ2v) is 7.17. The van der Waals surface area contributed by atoms with E-state index in [1.165, 1.54) is 0 Å². The van der Waals surface area contributed by atoms with E-state index >= 15 is 0 Å². The molecule has 7 heteroatoms. The number of imidazole rings is 1. The molecule has 4 aromatic rings. The summed E-state index contributed by atoms with van der Waals surface area (Å²) < 4.78 is 3.81. The minimum Gasteiger partial charge on any atom is -0.346 e. The molecule has 1 N–H and O–H groups in total. The number of aryl methyl sites for hydroxylation is 1. The van der Waals surface area contributed by atoms with E-state index in [4.69, 9.17) is 0 Å². The number of fused-ring (bicyclic) bond motifs is 2. The van der Waals surface area contributed by atoms with E-state index in [0.717, 1.165) is 21.9 Å². The van der Waals surface area contributed by atoms with Crippen LogP contribution in [0.4, 0.5) is 0 Å². The van der Waals surface area contributed by atoms with Gasteiger partial charge in [-0.3, -0.25) is 14.0 Å². The smallest absolute Gasteiger partial charge is 0.240 e. The Morgan fingerprint density at radius 3 is 2.96 bits per heavy atom. The Hall–Kier alpha value is -2.93. The van der Waals surface area contributed by atoms with Crippen LogP contribution in [0.3, 0.4) is 0 Å². The fraction of sp³-hybridized carbons (Fsp3) is 0.211. The zero-order valence-corrected chi connectivity index (χ0v) is 15.3. The molecule has 0 aliphatic rings. The Labute approximate surface area is 153 Å². The van der Waals surface area contributed by atoms with E-state index in [1.807, 2.05) is 58.8 Å². The molecule has 0 fully saturated rings. The van der Waals surface area contributed by atoms with E-state index in [9.17, 15) is 9.59 Å². The van der Waals surface area contributed by atoms with Crippen LogP contribution < -0.4 is 10.7 Å². The van der Waals surface area contributed by atoms with Gasteiger partial charge in [0.05, 0.1) is 17.3 Å². The van der Waals surface area contributed by atoms with Crippen LogP contribution in [0.5, 0.6) is 0 Å². The Morgan fingerprint density at radius 2 is 2.15 bits per heavy atom. The summed E-state index contributed by atoms with van der Waals surface area (Å²) >= 11 is 1.56. The highest BCUT2D eigenvalue weighted by Crippen LogP contribution is 2.17. The van der Waals surface area contributed by atoms with Crippen LogP contribution in [-0.4, -0.2) is 19.9 Å². The summed E-state index contributed by atoms with van der Waals surface area (Å²) in [7, 11) is 0. The van der Waals surface area contributed by atoms with Gasteiger partial charge in [0, 0.05) is 34.9 Å². The van der Waals surface area contributed by atoms with Gasteiger partial charge >= 0.3 is 0 Å². The maximum absolute atomic E-state index is 12.6. The maximum atomic E-state index is 12.6. The molecule has 0 bridgehead atoms. The lowest BCUT2D eigenvalue weighted by molar-refractivity contribution is -0.122. The van der Waals surface area contributed by atoms with Crippen molar-refractivity contribution in [3.05, 3.63) is 69.7 Å². The van der Waals surface area contributed by atoms with Crippen LogP contribution in [0, 0.1) is 6.92 Å². The molecular formula is C19H18N4O2S. The molecule has 0 aliphatic carbocycles. The number of para-hydroxylation sites is 1. The lowest BCUT2D eigenvalue weighted by Crippen LogP contribution is -2.31. The summed E-state index contributed by atoms with van der Waals surface area (Å²) in [4.78, 5) is 30.2. The molecule has 4 rings (SSSR count). The molecule has 3 aromatic heterocycles. The van der Waals surface area contributed by atoms with E-state index < -0.39 is 0 Å². The number of amides is 1. The Morgan fingerprint density at radius 1 is 1.35 bits per heavy atom. The van der Waals surface area contributed by atoms with Crippen LogP contribution in [0.1, 0.15) is 24.4 Å². The van der Waals surface area contributed by atoms with Crippen molar-refractivity contribution in [2.45, 2.75) is 26.4 Å². The van der Waals surface area contributed by atoms with Crippen LogP contribution in [-0.2, 0) is 11.3 Å². The number of pyridine rings is 1. The van der Waals surface area contributed by atoms with Gasteiger partial charge in [-0.15, -0.1) is 11.3 Å². The third-order valence-electron chi connectivity index (χ3n) is 4.46. The van der Waals surface area contributed by atoms with Crippen LogP contribution in [0.2, 0.25) is 0 Å². The summed E-state index contributed by atoms with van der Waals surface area (Å²) in [6.45, 7) is 3.91. The molecule has 0 aliphatic heterocycles. The van der Waals surface area contributed by atoms with Gasteiger partial charge in [0.15, 0.2) is 10.4 Å². The molecule has 0 unspecified atom stereocenters. The molecule has 1 aromatic carbocycles. The molecule has 0 saturated carbocycles. The van der Waals surface area contributed by atoms with Gasteiger partial charge in [0.2, 0.25) is 5.91 Å². The average molecular weight is 366 g/mol. The van der Waals surface area contributed by atoms with Crippen molar-refractivity contribution in [1.29, 1.82) is 0 Å². The van der Waals surface area contributed by atoms with Gasteiger partial charge in [-0.2, -0.15) is 0 Å². The molecule has 1 amide bonds. The first-order chi connectivity index (χ1) is 12.5. The van der Waals surface area contributed by atoms with Crippen LogP contribution in [0.25, 0.3) is 15.9 Å². The minimum atomic E-state index is -0.194. The second-order valence-electron chi connectivity index (χ2n) is 6.30. The molecule has 26 heavy (non-hydrogen) atoms. The number of aromatic nitrogens is 3.